The van der Waals surface area contributed by atoms with E-state index < -0.39 is 0 Å². The van der Waals surface area contributed by atoms with Crippen molar-refractivity contribution in [2.75, 3.05) is 13.2 Å². The predicted octanol–water partition coefficient (Wildman–Crippen LogP) is -0.189. The molecule has 0 bridgehead atoms. The van der Waals surface area contributed by atoms with Gasteiger partial charge in [0.1, 0.15) is 0 Å². The zero-order valence-electron chi connectivity index (χ0n) is 4.75. The van der Waals surface area contributed by atoms with Crippen molar-refractivity contribution in [3.05, 3.63) is 6.42 Å². The molecule has 47 valence electrons. The molecule has 2 N–H and O–H groups in total. The van der Waals surface area contributed by atoms with E-state index in [0.29, 0.717) is 5.92 Å². The summed E-state index contributed by atoms with van der Waals surface area (Å²) in [7, 11) is 0. The maximum atomic E-state index is 8.56. The second kappa shape index (κ2) is 2.46. The molecule has 0 amide bonds. The highest BCUT2D eigenvalue weighted by molar-refractivity contribution is 4.94. The smallest absolute Gasteiger partial charge is 0.0465 e. The summed E-state index contributed by atoms with van der Waals surface area (Å²) in [5, 5.41) is 17.1. The normalized spacial score (nSPS) is 36.8. The maximum Gasteiger partial charge on any atom is 0.0465 e. The van der Waals surface area contributed by atoms with Crippen molar-refractivity contribution in [3.63, 3.8) is 0 Å². The lowest BCUT2D eigenvalue weighted by Crippen LogP contribution is -2.32. The molecule has 0 aliphatic heterocycles. The topological polar surface area (TPSA) is 40.5 Å². The van der Waals surface area contributed by atoms with Crippen LogP contribution in [0.3, 0.4) is 0 Å². The Balaban J connectivity index is 2.16. The van der Waals surface area contributed by atoms with Gasteiger partial charge in [0.05, 0.1) is 0 Å². The molecule has 2 nitrogen and oxygen atoms in total. The fourth-order valence-corrected chi connectivity index (χ4v) is 0.955. The van der Waals surface area contributed by atoms with Crippen LogP contribution in [0.1, 0.15) is 6.42 Å². The van der Waals surface area contributed by atoms with E-state index in [-0.39, 0.29) is 19.1 Å². The molecule has 2 atom stereocenters. The summed E-state index contributed by atoms with van der Waals surface area (Å²) >= 11 is 0. The molecule has 1 saturated carbocycles. The van der Waals surface area contributed by atoms with E-state index in [4.69, 9.17) is 10.2 Å². The number of hydrogen-bond donors (Lipinski definition) is 2. The first-order chi connectivity index (χ1) is 3.88. The molecular weight excluding hydrogens is 104 g/mol. The van der Waals surface area contributed by atoms with Gasteiger partial charge in [-0.3, -0.25) is 0 Å². The highest BCUT2D eigenvalue weighted by Gasteiger charge is 2.29. The van der Waals surface area contributed by atoms with Gasteiger partial charge >= 0.3 is 0 Å². The predicted molar refractivity (Wildman–Crippen MR) is 30.1 cm³/mol. The lowest BCUT2D eigenvalue weighted by molar-refractivity contribution is 0.0909. The third-order valence-corrected chi connectivity index (χ3v) is 1.79. The maximum absolute atomic E-state index is 8.56. The molecule has 2 heteroatoms. The molecule has 0 aromatic carbocycles. The minimum Gasteiger partial charge on any atom is -0.396 e. The average molecular weight is 115 g/mol. The van der Waals surface area contributed by atoms with Crippen LogP contribution in [0.15, 0.2) is 0 Å². The molecule has 0 aromatic heterocycles. The van der Waals surface area contributed by atoms with E-state index in [0.717, 1.165) is 6.42 Å². The Hall–Kier alpha value is -0.0800. The Morgan fingerprint density at radius 1 is 1.38 bits per heavy atom. The van der Waals surface area contributed by atoms with Gasteiger partial charge < -0.3 is 10.2 Å². The third-order valence-electron chi connectivity index (χ3n) is 1.79. The van der Waals surface area contributed by atoms with Crippen LogP contribution in [0.4, 0.5) is 0 Å². The first-order valence-corrected chi connectivity index (χ1v) is 2.93. The summed E-state index contributed by atoms with van der Waals surface area (Å²) in [6.07, 6.45) is 3.02. The van der Waals surface area contributed by atoms with Crippen molar-refractivity contribution in [2.45, 2.75) is 6.42 Å². The lowest BCUT2D eigenvalue weighted by Gasteiger charge is -2.33. The fraction of sp³-hybridized carbons (Fsp3) is 0.833. The minimum absolute atomic E-state index is 0.200. The number of rotatable bonds is 2. The van der Waals surface area contributed by atoms with Crippen LogP contribution in [0.5, 0.6) is 0 Å². The minimum atomic E-state index is 0.200. The second-order valence-corrected chi connectivity index (χ2v) is 2.26. The second-order valence-electron chi connectivity index (χ2n) is 2.26. The zero-order valence-corrected chi connectivity index (χ0v) is 4.75. The molecular formula is C6H11O2. The molecule has 1 aliphatic rings. The monoisotopic (exact) mass is 115 g/mol. The standard InChI is InChI=1S/C6H11O2/c7-3-5-1-2-6(5)4-8/h1,5-8H,2-4H2. The first-order valence-electron chi connectivity index (χ1n) is 2.93. The molecule has 0 aromatic rings. The highest BCUT2D eigenvalue weighted by atomic mass is 16.3. The van der Waals surface area contributed by atoms with E-state index in [2.05, 4.69) is 0 Å². The van der Waals surface area contributed by atoms with Crippen LogP contribution in [0.2, 0.25) is 0 Å². The van der Waals surface area contributed by atoms with Gasteiger partial charge in [-0.1, -0.05) is 0 Å². The molecule has 1 aliphatic carbocycles. The molecule has 0 spiro atoms. The number of aliphatic hydroxyl groups is 2. The Kier molecular flexibility index (Phi) is 1.86. The first kappa shape index (κ1) is 6.05. The SMILES string of the molecule is OCC1[CH]CC1CO. The zero-order chi connectivity index (χ0) is 5.98. The summed E-state index contributed by atoms with van der Waals surface area (Å²) in [6, 6.07) is 0. The van der Waals surface area contributed by atoms with E-state index >= 15 is 0 Å². The number of aliphatic hydroxyl groups excluding tert-OH is 2. The molecule has 0 heterocycles. The van der Waals surface area contributed by atoms with Crippen molar-refractivity contribution < 1.29 is 10.2 Å². The van der Waals surface area contributed by atoms with E-state index in [1.54, 1.807) is 0 Å². The number of hydrogen-bond acceptors (Lipinski definition) is 2. The fourth-order valence-electron chi connectivity index (χ4n) is 0.955. The Morgan fingerprint density at radius 2 is 2.12 bits per heavy atom. The highest BCUT2D eigenvalue weighted by Crippen LogP contribution is 2.31. The Labute approximate surface area is 49.1 Å². The van der Waals surface area contributed by atoms with Crippen molar-refractivity contribution in [3.8, 4) is 0 Å². The Bertz CT molecular complexity index is 58.9. The molecule has 1 rings (SSSR count). The van der Waals surface area contributed by atoms with Crippen LogP contribution in [0, 0.1) is 18.3 Å². The van der Waals surface area contributed by atoms with Crippen molar-refractivity contribution >= 4 is 0 Å². The summed E-state index contributed by atoms with van der Waals surface area (Å²) < 4.78 is 0. The Morgan fingerprint density at radius 3 is 2.25 bits per heavy atom. The van der Waals surface area contributed by atoms with Gasteiger partial charge in [-0.25, -0.2) is 0 Å². The van der Waals surface area contributed by atoms with Gasteiger partial charge in [0, 0.05) is 13.2 Å². The molecule has 1 fully saturated rings. The molecule has 8 heavy (non-hydrogen) atoms. The van der Waals surface area contributed by atoms with Crippen LogP contribution in [-0.2, 0) is 0 Å². The van der Waals surface area contributed by atoms with E-state index in [9.17, 15) is 0 Å². The lowest BCUT2D eigenvalue weighted by atomic mass is 9.75. The molecule has 2 unspecified atom stereocenters. The average Bonchev–Trinajstić information content (AvgIpc) is 1.66. The van der Waals surface area contributed by atoms with Gasteiger partial charge in [0.2, 0.25) is 0 Å². The quantitative estimate of drug-likeness (QED) is 0.523. The summed E-state index contributed by atoms with van der Waals surface area (Å²) in [5.41, 5.74) is 0. The summed E-state index contributed by atoms with van der Waals surface area (Å²) in [4.78, 5) is 0. The van der Waals surface area contributed by atoms with Gasteiger partial charge in [-0.15, -0.1) is 0 Å². The third kappa shape index (κ3) is 0.858. The van der Waals surface area contributed by atoms with Crippen LogP contribution >= 0.6 is 0 Å². The van der Waals surface area contributed by atoms with Gasteiger partial charge in [-0.05, 0) is 24.7 Å². The van der Waals surface area contributed by atoms with E-state index in [1.807, 2.05) is 6.42 Å². The summed E-state index contributed by atoms with van der Waals surface area (Å²) in [6.45, 7) is 0.424. The van der Waals surface area contributed by atoms with Gasteiger partial charge in [-0.2, -0.15) is 0 Å². The summed E-state index contributed by atoms with van der Waals surface area (Å²) in [5.74, 6) is 0.625. The van der Waals surface area contributed by atoms with E-state index in [1.165, 1.54) is 0 Å². The van der Waals surface area contributed by atoms with Gasteiger partial charge in [0.25, 0.3) is 0 Å². The van der Waals surface area contributed by atoms with Crippen LogP contribution in [-0.4, -0.2) is 23.4 Å². The van der Waals surface area contributed by atoms with Crippen LogP contribution in [0.25, 0.3) is 0 Å². The van der Waals surface area contributed by atoms with Crippen molar-refractivity contribution in [1.82, 2.24) is 0 Å². The van der Waals surface area contributed by atoms with Crippen molar-refractivity contribution in [2.24, 2.45) is 11.8 Å². The largest absolute Gasteiger partial charge is 0.396 e. The van der Waals surface area contributed by atoms with Crippen LogP contribution < -0.4 is 0 Å². The molecule has 0 saturated heterocycles. The van der Waals surface area contributed by atoms with Crippen molar-refractivity contribution in [1.29, 1.82) is 0 Å². The van der Waals surface area contributed by atoms with Gasteiger partial charge in [0.15, 0.2) is 0 Å². The molecule has 1 radical (unpaired) electrons.